The largest absolute Gasteiger partial charge is 0.468 e. The van der Waals surface area contributed by atoms with Gasteiger partial charge < -0.3 is 4.74 Å². The summed E-state index contributed by atoms with van der Waals surface area (Å²) in [4.78, 5) is 22.7. The van der Waals surface area contributed by atoms with E-state index in [2.05, 4.69) is 4.74 Å². The van der Waals surface area contributed by atoms with Crippen LogP contribution in [-0.2, 0) is 14.3 Å². The highest BCUT2D eigenvalue weighted by Gasteiger charge is 2.32. The maximum absolute atomic E-state index is 11.4. The Bertz CT molecular complexity index is 277. The fraction of sp³-hybridized carbons (Fsp3) is 0.636. The van der Waals surface area contributed by atoms with Crippen molar-refractivity contribution in [2.75, 3.05) is 7.11 Å². The molecule has 3 nitrogen and oxygen atoms in total. The van der Waals surface area contributed by atoms with Gasteiger partial charge in [-0.15, -0.1) is 0 Å². The van der Waals surface area contributed by atoms with Crippen LogP contribution in [-0.4, -0.2) is 18.9 Å². The van der Waals surface area contributed by atoms with E-state index in [1.54, 1.807) is 0 Å². The van der Waals surface area contributed by atoms with Crippen LogP contribution >= 0.6 is 0 Å². The zero-order chi connectivity index (χ0) is 10.7. The Balaban J connectivity index is 2.80. The van der Waals surface area contributed by atoms with Gasteiger partial charge in [-0.3, -0.25) is 9.59 Å². The molecule has 1 saturated carbocycles. The van der Waals surface area contributed by atoms with Crippen LogP contribution in [0, 0.1) is 5.92 Å². The zero-order valence-electron chi connectivity index (χ0n) is 8.92. The van der Waals surface area contributed by atoms with Gasteiger partial charge in [0, 0.05) is 6.42 Å². The van der Waals surface area contributed by atoms with Gasteiger partial charge in [-0.05, 0) is 26.7 Å². The fourth-order valence-corrected chi connectivity index (χ4v) is 1.72. The Hall–Kier alpha value is -1.12. The molecule has 0 saturated heterocycles. The first-order chi connectivity index (χ1) is 6.56. The molecule has 0 aromatic heterocycles. The van der Waals surface area contributed by atoms with Crippen molar-refractivity contribution in [2.24, 2.45) is 5.92 Å². The number of hydrogen-bond donors (Lipinski definition) is 0. The number of esters is 1. The van der Waals surface area contributed by atoms with Crippen LogP contribution < -0.4 is 0 Å². The van der Waals surface area contributed by atoms with Crippen molar-refractivity contribution in [3.05, 3.63) is 11.1 Å². The van der Waals surface area contributed by atoms with Crippen LogP contribution in [0.3, 0.4) is 0 Å². The number of methoxy groups -OCH3 is 1. The molecule has 0 aliphatic heterocycles. The summed E-state index contributed by atoms with van der Waals surface area (Å²) >= 11 is 0. The second kappa shape index (κ2) is 4.40. The summed E-state index contributed by atoms with van der Waals surface area (Å²) in [5.41, 5.74) is 2.44. The molecule has 0 radical (unpaired) electrons. The molecule has 0 aromatic carbocycles. The average molecular weight is 196 g/mol. The van der Waals surface area contributed by atoms with Gasteiger partial charge in [0.05, 0.1) is 7.11 Å². The van der Waals surface area contributed by atoms with E-state index in [0.717, 1.165) is 6.42 Å². The van der Waals surface area contributed by atoms with E-state index in [4.69, 9.17) is 0 Å². The Labute approximate surface area is 84.1 Å². The molecule has 0 amide bonds. The molecule has 1 rings (SSSR count). The molecule has 1 aliphatic carbocycles. The quantitative estimate of drug-likeness (QED) is 0.365. The van der Waals surface area contributed by atoms with Gasteiger partial charge in [0.25, 0.3) is 0 Å². The third-order valence-electron chi connectivity index (χ3n) is 2.71. The Kier molecular flexibility index (Phi) is 3.44. The third-order valence-corrected chi connectivity index (χ3v) is 2.71. The van der Waals surface area contributed by atoms with Crippen LogP contribution in [0.2, 0.25) is 0 Å². The second-order valence-electron chi connectivity index (χ2n) is 3.85. The fourth-order valence-electron chi connectivity index (χ4n) is 1.72. The van der Waals surface area contributed by atoms with Crippen molar-refractivity contribution in [2.45, 2.75) is 33.1 Å². The molecule has 0 heterocycles. The van der Waals surface area contributed by atoms with E-state index >= 15 is 0 Å². The molecular formula is C11H16O3. The minimum atomic E-state index is -0.557. The summed E-state index contributed by atoms with van der Waals surface area (Å²) in [6.07, 6.45) is 1.82. The number of hydrogen-bond acceptors (Lipinski definition) is 3. The van der Waals surface area contributed by atoms with Crippen LogP contribution in [0.1, 0.15) is 33.1 Å². The first-order valence-corrected chi connectivity index (χ1v) is 4.82. The molecule has 3 heteroatoms. The predicted octanol–water partition coefficient (Wildman–Crippen LogP) is 1.86. The van der Waals surface area contributed by atoms with Gasteiger partial charge >= 0.3 is 5.97 Å². The Morgan fingerprint density at radius 2 is 2.00 bits per heavy atom. The lowest BCUT2D eigenvalue weighted by Gasteiger charge is -2.22. The van der Waals surface area contributed by atoms with Crippen LogP contribution in [0.25, 0.3) is 0 Å². The van der Waals surface area contributed by atoms with Gasteiger partial charge in [-0.25, -0.2) is 0 Å². The molecule has 0 bridgehead atoms. The molecule has 78 valence electrons. The number of rotatable bonds is 1. The number of allylic oxidation sites excluding steroid dienone is 2. The minimum absolute atomic E-state index is 0.0156. The van der Waals surface area contributed by atoms with E-state index < -0.39 is 11.9 Å². The topological polar surface area (TPSA) is 43.4 Å². The molecule has 1 unspecified atom stereocenters. The number of ether oxygens (including phenoxy) is 1. The molecule has 1 atom stereocenters. The number of ketones is 1. The Morgan fingerprint density at radius 1 is 1.36 bits per heavy atom. The predicted molar refractivity (Wildman–Crippen MR) is 52.7 cm³/mol. The molecule has 1 fully saturated rings. The molecule has 0 spiro atoms. The van der Waals surface area contributed by atoms with Gasteiger partial charge in [-0.1, -0.05) is 11.1 Å². The van der Waals surface area contributed by atoms with Crippen molar-refractivity contribution >= 4 is 11.8 Å². The van der Waals surface area contributed by atoms with E-state index in [9.17, 15) is 9.59 Å². The number of carbonyl (C=O) groups is 2. The van der Waals surface area contributed by atoms with Crippen molar-refractivity contribution in [1.29, 1.82) is 0 Å². The standard InChI is InChI=1S/C11H16O3/c1-7(2)8-4-5-10(12)9(6-8)11(13)14-3/h9H,4-6H2,1-3H3. The number of Topliss-reactive ketones (excluding diaryl/α,β-unsaturated/α-hetero) is 1. The minimum Gasteiger partial charge on any atom is -0.468 e. The number of carbonyl (C=O) groups excluding carboxylic acids is 2. The lowest BCUT2D eigenvalue weighted by atomic mass is 9.83. The lowest BCUT2D eigenvalue weighted by molar-refractivity contribution is -0.149. The lowest BCUT2D eigenvalue weighted by Crippen LogP contribution is -2.29. The molecule has 0 N–H and O–H groups in total. The van der Waals surface area contributed by atoms with Crippen LogP contribution in [0.5, 0.6) is 0 Å². The summed E-state index contributed by atoms with van der Waals surface area (Å²) < 4.78 is 4.61. The van der Waals surface area contributed by atoms with E-state index in [-0.39, 0.29) is 5.78 Å². The van der Waals surface area contributed by atoms with E-state index in [1.165, 1.54) is 18.3 Å². The van der Waals surface area contributed by atoms with Gasteiger partial charge in [0.1, 0.15) is 11.7 Å². The SMILES string of the molecule is COC(=O)C1CC(=C(C)C)CCC1=O. The monoisotopic (exact) mass is 196 g/mol. The molecule has 1 aliphatic rings. The van der Waals surface area contributed by atoms with Crippen molar-refractivity contribution in [1.82, 2.24) is 0 Å². The summed E-state index contributed by atoms with van der Waals surface area (Å²) in [6, 6.07) is 0. The Morgan fingerprint density at radius 3 is 2.50 bits per heavy atom. The third kappa shape index (κ3) is 2.22. The van der Waals surface area contributed by atoms with Crippen LogP contribution in [0.15, 0.2) is 11.1 Å². The van der Waals surface area contributed by atoms with Crippen LogP contribution in [0.4, 0.5) is 0 Å². The van der Waals surface area contributed by atoms with Gasteiger partial charge in [0.15, 0.2) is 0 Å². The highest BCUT2D eigenvalue weighted by atomic mass is 16.5. The van der Waals surface area contributed by atoms with Crippen molar-refractivity contribution < 1.29 is 14.3 Å². The highest BCUT2D eigenvalue weighted by molar-refractivity contribution is 6.00. The summed E-state index contributed by atoms with van der Waals surface area (Å²) in [5.74, 6) is -0.936. The average Bonchev–Trinajstić information content (AvgIpc) is 2.17. The second-order valence-corrected chi connectivity index (χ2v) is 3.85. The summed E-state index contributed by atoms with van der Waals surface area (Å²) in [6.45, 7) is 4.03. The highest BCUT2D eigenvalue weighted by Crippen LogP contribution is 2.28. The molecule has 14 heavy (non-hydrogen) atoms. The van der Waals surface area contributed by atoms with Gasteiger partial charge in [0.2, 0.25) is 0 Å². The first kappa shape index (κ1) is 11.0. The summed E-state index contributed by atoms with van der Waals surface area (Å²) in [7, 11) is 1.33. The maximum atomic E-state index is 11.4. The van der Waals surface area contributed by atoms with E-state index in [1.807, 2.05) is 13.8 Å². The molecular weight excluding hydrogens is 180 g/mol. The van der Waals surface area contributed by atoms with Crippen molar-refractivity contribution in [3.8, 4) is 0 Å². The van der Waals surface area contributed by atoms with Crippen molar-refractivity contribution in [3.63, 3.8) is 0 Å². The first-order valence-electron chi connectivity index (χ1n) is 4.82. The smallest absolute Gasteiger partial charge is 0.316 e. The molecule has 0 aromatic rings. The van der Waals surface area contributed by atoms with Gasteiger partial charge in [-0.2, -0.15) is 0 Å². The zero-order valence-corrected chi connectivity index (χ0v) is 8.92. The van der Waals surface area contributed by atoms with E-state index in [0.29, 0.717) is 12.8 Å². The summed E-state index contributed by atoms with van der Waals surface area (Å²) in [5, 5.41) is 0. The normalized spacial score (nSPS) is 22.1. The maximum Gasteiger partial charge on any atom is 0.316 e.